The fraction of sp³-hybridized carbons (Fsp3) is 0.250. The van der Waals surface area contributed by atoms with Crippen molar-refractivity contribution in [3.63, 3.8) is 0 Å². The molecule has 21 heavy (non-hydrogen) atoms. The van der Waals surface area contributed by atoms with Crippen molar-refractivity contribution in [1.82, 2.24) is 0 Å². The normalized spacial score (nSPS) is 10.3. The predicted octanol–water partition coefficient (Wildman–Crippen LogP) is 2.98. The second kappa shape index (κ2) is 6.45. The lowest BCUT2D eigenvalue weighted by Crippen LogP contribution is -2.01. The summed E-state index contributed by atoms with van der Waals surface area (Å²) in [5, 5.41) is 0. The monoisotopic (exact) mass is 291 g/mol. The minimum absolute atomic E-state index is 0.125. The molecule has 2 N–H and O–H groups in total. The van der Waals surface area contributed by atoms with Crippen LogP contribution in [0.5, 0.6) is 17.2 Å². The predicted molar refractivity (Wildman–Crippen MR) is 79.4 cm³/mol. The number of halogens is 1. The van der Waals surface area contributed by atoms with Gasteiger partial charge in [-0.25, -0.2) is 4.39 Å². The van der Waals surface area contributed by atoms with E-state index in [1.54, 1.807) is 45.6 Å². The highest BCUT2D eigenvalue weighted by Crippen LogP contribution is 2.42. The van der Waals surface area contributed by atoms with Crippen molar-refractivity contribution in [1.29, 1.82) is 0 Å². The molecule has 2 aromatic carbocycles. The lowest BCUT2D eigenvalue weighted by atomic mass is 10.0. The molecule has 2 aromatic rings. The molecular weight excluding hydrogens is 273 g/mol. The third kappa shape index (κ3) is 2.92. The highest BCUT2D eigenvalue weighted by Gasteiger charge is 2.16. The molecule has 0 saturated carbocycles. The third-order valence-electron chi connectivity index (χ3n) is 3.27. The van der Waals surface area contributed by atoms with Crippen molar-refractivity contribution in [3.8, 4) is 28.4 Å². The first-order valence-electron chi connectivity index (χ1n) is 6.43. The molecule has 0 aromatic heterocycles. The van der Waals surface area contributed by atoms with Crippen LogP contribution in [-0.2, 0) is 6.54 Å². The zero-order chi connectivity index (χ0) is 15.4. The number of benzene rings is 2. The number of ether oxygens (including phenoxy) is 3. The fourth-order valence-electron chi connectivity index (χ4n) is 2.18. The molecule has 0 unspecified atom stereocenters. The summed E-state index contributed by atoms with van der Waals surface area (Å²) in [5.41, 5.74) is 7.50. The largest absolute Gasteiger partial charge is 0.496 e. The van der Waals surface area contributed by atoms with E-state index in [4.69, 9.17) is 19.9 Å². The van der Waals surface area contributed by atoms with Crippen LogP contribution in [0.15, 0.2) is 30.3 Å². The van der Waals surface area contributed by atoms with Gasteiger partial charge < -0.3 is 19.9 Å². The smallest absolute Gasteiger partial charge is 0.134 e. The van der Waals surface area contributed by atoms with Crippen LogP contribution in [0.2, 0.25) is 0 Å². The Balaban J connectivity index is 2.66. The van der Waals surface area contributed by atoms with E-state index in [2.05, 4.69) is 0 Å². The van der Waals surface area contributed by atoms with Crippen LogP contribution in [0.1, 0.15) is 5.56 Å². The quantitative estimate of drug-likeness (QED) is 0.920. The van der Waals surface area contributed by atoms with Crippen LogP contribution >= 0.6 is 0 Å². The van der Waals surface area contributed by atoms with Gasteiger partial charge in [0.25, 0.3) is 0 Å². The van der Waals surface area contributed by atoms with Gasteiger partial charge in [-0.15, -0.1) is 0 Å². The van der Waals surface area contributed by atoms with Crippen LogP contribution < -0.4 is 19.9 Å². The first-order valence-corrected chi connectivity index (χ1v) is 6.43. The van der Waals surface area contributed by atoms with E-state index in [1.165, 1.54) is 6.07 Å². The minimum atomic E-state index is -0.326. The summed E-state index contributed by atoms with van der Waals surface area (Å²) in [7, 11) is 4.69. The number of hydrogen-bond acceptors (Lipinski definition) is 4. The fourth-order valence-corrected chi connectivity index (χ4v) is 2.18. The standard InChI is InChI=1S/C16H18FNO3/c1-19-12-7-14(20-2)16(15(8-12)21-3)10-4-5-13(17)11(6-10)9-18/h4-8H,9,18H2,1-3H3. The van der Waals surface area contributed by atoms with Gasteiger partial charge in [0, 0.05) is 24.2 Å². The van der Waals surface area contributed by atoms with E-state index < -0.39 is 0 Å². The van der Waals surface area contributed by atoms with Crippen LogP contribution in [0.3, 0.4) is 0 Å². The van der Waals surface area contributed by atoms with E-state index in [-0.39, 0.29) is 12.4 Å². The average molecular weight is 291 g/mol. The van der Waals surface area contributed by atoms with Gasteiger partial charge in [0.1, 0.15) is 23.1 Å². The van der Waals surface area contributed by atoms with Crippen LogP contribution in [0, 0.1) is 5.82 Å². The van der Waals surface area contributed by atoms with E-state index >= 15 is 0 Å². The zero-order valence-corrected chi connectivity index (χ0v) is 12.3. The van der Waals surface area contributed by atoms with Gasteiger partial charge in [-0.2, -0.15) is 0 Å². The van der Waals surface area contributed by atoms with Crippen molar-refractivity contribution >= 4 is 0 Å². The van der Waals surface area contributed by atoms with Gasteiger partial charge in [-0.3, -0.25) is 0 Å². The summed E-state index contributed by atoms with van der Waals surface area (Å²) >= 11 is 0. The maximum Gasteiger partial charge on any atom is 0.134 e. The van der Waals surface area contributed by atoms with Gasteiger partial charge in [0.15, 0.2) is 0 Å². The molecule has 0 aliphatic carbocycles. The highest BCUT2D eigenvalue weighted by atomic mass is 19.1. The molecule has 0 saturated heterocycles. The molecule has 0 heterocycles. The van der Waals surface area contributed by atoms with Crippen LogP contribution in [-0.4, -0.2) is 21.3 Å². The molecular formula is C16H18FNO3. The Kier molecular flexibility index (Phi) is 4.65. The first-order chi connectivity index (χ1) is 10.1. The summed E-state index contributed by atoms with van der Waals surface area (Å²) in [4.78, 5) is 0. The van der Waals surface area contributed by atoms with Crippen molar-refractivity contribution < 1.29 is 18.6 Å². The molecule has 0 atom stereocenters. The Hall–Kier alpha value is -2.27. The van der Waals surface area contributed by atoms with E-state index in [0.717, 1.165) is 11.1 Å². The lowest BCUT2D eigenvalue weighted by molar-refractivity contribution is 0.377. The first kappa shape index (κ1) is 15.1. The molecule has 0 aliphatic rings. The molecule has 0 fully saturated rings. The van der Waals surface area contributed by atoms with Gasteiger partial charge >= 0.3 is 0 Å². The molecule has 0 aliphatic heterocycles. The van der Waals surface area contributed by atoms with Gasteiger partial charge in [0.2, 0.25) is 0 Å². The Morgan fingerprint density at radius 2 is 1.57 bits per heavy atom. The van der Waals surface area contributed by atoms with Crippen LogP contribution in [0.25, 0.3) is 11.1 Å². The SMILES string of the molecule is COc1cc(OC)c(-c2ccc(F)c(CN)c2)c(OC)c1. The molecule has 0 spiro atoms. The minimum Gasteiger partial charge on any atom is -0.496 e. The van der Waals surface area contributed by atoms with E-state index in [0.29, 0.717) is 22.8 Å². The number of methoxy groups -OCH3 is 3. The number of hydrogen-bond donors (Lipinski definition) is 1. The van der Waals surface area contributed by atoms with Crippen molar-refractivity contribution in [3.05, 3.63) is 41.7 Å². The number of rotatable bonds is 5. The van der Waals surface area contributed by atoms with Crippen molar-refractivity contribution in [2.75, 3.05) is 21.3 Å². The summed E-state index contributed by atoms with van der Waals surface area (Å²) in [6, 6.07) is 8.26. The maximum absolute atomic E-state index is 13.6. The second-order valence-electron chi connectivity index (χ2n) is 4.42. The van der Waals surface area contributed by atoms with Crippen molar-refractivity contribution in [2.45, 2.75) is 6.54 Å². The molecule has 4 nitrogen and oxygen atoms in total. The Labute approximate surface area is 123 Å². The highest BCUT2D eigenvalue weighted by molar-refractivity contribution is 5.78. The van der Waals surface area contributed by atoms with E-state index in [1.807, 2.05) is 0 Å². The Morgan fingerprint density at radius 3 is 2.05 bits per heavy atom. The lowest BCUT2D eigenvalue weighted by Gasteiger charge is -2.16. The topological polar surface area (TPSA) is 53.7 Å². The summed E-state index contributed by atoms with van der Waals surface area (Å²) in [5.74, 6) is 1.46. The van der Waals surface area contributed by atoms with Crippen molar-refractivity contribution in [2.24, 2.45) is 5.73 Å². The Bertz CT molecular complexity index is 618. The van der Waals surface area contributed by atoms with Gasteiger partial charge in [-0.05, 0) is 17.7 Å². The molecule has 0 bridgehead atoms. The summed E-state index contributed by atoms with van der Waals surface area (Å²) < 4.78 is 29.6. The zero-order valence-electron chi connectivity index (χ0n) is 12.3. The average Bonchev–Trinajstić information content (AvgIpc) is 2.54. The molecule has 112 valence electrons. The van der Waals surface area contributed by atoms with Gasteiger partial charge in [0.05, 0.1) is 26.9 Å². The number of nitrogens with two attached hydrogens (primary N) is 1. The van der Waals surface area contributed by atoms with E-state index in [9.17, 15) is 4.39 Å². The molecule has 0 amide bonds. The summed E-state index contributed by atoms with van der Waals surface area (Å²) in [6.07, 6.45) is 0. The second-order valence-corrected chi connectivity index (χ2v) is 4.42. The Morgan fingerprint density at radius 1 is 0.952 bits per heavy atom. The van der Waals surface area contributed by atoms with Gasteiger partial charge in [-0.1, -0.05) is 6.07 Å². The maximum atomic E-state index is 13.6. The summed E-state index contributed by atoms with van der Waals surface area (Å²) in [6.45, 7) is 0.125. The third-order valence-corrected chi connectivity index (χ3v) is 3.27. The molecule has 5 heteroatoms. The molecule has 2 rings (SSSR count). The van der Waals surface area contributed by atoms with Crippen LogP contribution in [0.4, 0.5) is 4.39 Å². The molecule has 0 radical (unpaired) electrons.